The molecule has 1 aliphatic rings. The number of ether oxygens (including phenoxy) is 2. The number of rotatable bonds is 8. The second-order valence-corrected chi connectivity index (χ2v) is 6.34. The van der Waals surface area contributed by atoms with Crippen LogP contribution >= 0.6 is 0 Å². The molecule has 1 aliphatic carbocycles. The maximum atomic E-state index is 12.8. The van der Waals surface area contributed by atoms with Crippen LogP contribution in [0.5, 0.6) is 0 Å². The minimum Gasteiger partial charge on any atom is -0.445 e. The van der Waals surface area contributed by atoms with Gasteiger partial charge >= 0.3 is 6.09 Å². The minimum atomic E-state index is -2.33. The fourth-order valence-corrected chi connectivity index (χ4v) is 3.06. The first-order valence-electron chi connectivity index (χ1n) is 8.52. The number of alkyl halides is 2. The molecule has 1 saturated carbocycles. The molecule has 7 heteroatoms. The number of hydrogen-bond acceptors (Lipinski definition) is 4. The average Bonchev–Trinajstić information content (AvgIpc) is 2.64. The Bertz CT molecular complexity index is 519. The molecule has 1 aromatic carbocycles. The number of benzene rings is 1. The van der Waals surface area contributed by atoms with Crippen LogP contribution in [-0.2, 0) is 16.1 Å². The van der Waals surface area contributed by atoms with Crippen molar-refractivity contribution in [3.05, 3.63) is 35.9 Å². The Morgan fingerprint density at radius 3 is 2.56 bits per heavy atom. The standard InChI is InChI=1S/C18H25F2NO4/c19-16(20)15-6-8-18(9-7-15,25-11-10-22)13-21-17(23)24-12-14-4-2-1-3-5-14/h1-5,15-16,22H,6-13H2,(H,21,23). The fourth-order valence-electron chi connectivity index (χ4n) is 3.06. The van der Waals surface area contributed by atoms with Crippen LogP contribution in [0, 0.1) is 5.92 Å². The van der Waals surface area contributed by atoms with Crippen molar-refractivity contribution in [3.63, 3.8) is 0 Å². The van der Waals surface area contributed by atoms with E-state index in [1.54, 1.807) is 0 Å². The van der Waals surface area contributed by atoms with E-state index in [-0.39, 0.29) is 26.4 Å². The number of aliphatic hydroxyl groups excluding tert-OH is 1. The van der Waals surface area contributed by atoms with Gasteiger partial charge in [0.05, 0.1) is 18.8 Å². The van der Waals surface area contributed by atoms with Gasteiger partial charge in [-0.05, 0) is 31.2 Å². The van der Waals surface area contributed by atoms with Crippen LogP contribution in [0.25, 0.3) is 0 Å². The Balaban J connectivity index is 1.82. The van der Waals surface area contributed by atoms with Gasteiger partial charge in [0.15, 0.2) is 0 Å². The van der Waals surface area contributed by atoms with Crippen molar-refractivity contribution in [2.45, 2.75) is 44.3 Å². The number of carbonyl (C=O) groups excluding carboxylic acids is 1. The van der Waals surface area contributed by atoms with Crippen molar-refractivity contribution in [2.75, 3.05) is 19.8 Å². The lowest BCUT2D eigenvalue weighted by molar-refractivity contribution is -0.0969. The number of nitrogens with one attached hydrogen (secondary N) is 1. The summed E-state index contributed by atoms with van der Waals surface area (Å²) in [7, 11) is 0. The molecule has 0 saturated heterocycles. The molecule has 0 unspecified atom stereocenters. The molecule has 2 rings (SSSR count). The number of amides is 1. The highest BCUT2D eigenvalue weighted by atomic mass is 19.3. The van der Waals surface area contributed by atoms with Gasteiger partial charge in [-0.25, -0.2) is 13.6 Å². The van der Waals surface area contributed by atoms with E-state index in [0.717, 1.165) is 5.56 Å². The van der Waals surface area contributed by atoms with E-state index in [2.05, 4.69) is 5.32 Å². The lowest BCUT2D eigenvalue weighted by Crippen LogP contribution is -2.48. The summed E-state index contributed by atoms with van der Waals surface area (Å²) in [5.74, 6) is -0.629. The summed E-state index contributed by atoms with van der Waals surface area (Å²) in [6, 6.07) is 9.29. The van der Waals surface area contributed by atoms with E-state index in [9.17, 15) is 13.6 Å². The number of aliphatic hydroxyl groups is 1. The molecular weight excluding hydrogens is 332 g/mol. The Hall–Kier alpha value is -1.73. The van der Waals surface area contributed by atoms with Gasteiger partial charge < -0.3 is 19.9 Å². The topological polar surface area (TPSA) is 67.8 Å². The van der Waals surface area contributed by atoms with E-state index in [4.69, 9.17) is 14.6 Å². The van der Waals surface area contributed by atoms with Crippen molar-refractivity contribution >= 4 is 6.09 Å². The predicted octanol–water partition coefficient (Wildman–Crippen LogP) is 3.12. The minimum absolute atomic E-state index is 0.111. The zero-order valence-electron chi connectivity index (χ0n) is 14.1. The molecule has 0 aliphatic heterocycles. The molecule has 0 bridgehead atoms. The SMILES string of the molecule is O=C(NCC1(OCCO)CCC(C(F)F)CC1)OCc1ccccc1. The number of alkyl carbamates (subject to hydrolysis) is 1. The summed E-state index contributed by atoms with van der Waals surface area (Å²) in [6.07, 6.45) is -1.40. The molecule has 0 spiro atoms. The van der Waals surface area contributed by atoms with Gasteiger partial charge in [-0.15, -0.1) is 0 Å². The van der Waals surface area contributed by atoms with E-state index in [0.29, 0.717) is 25.7 Å². The van der Waals surface area contributed by atoms with Gasteiger partial charge in [0.25, 0.3) is 0 Å². The highest BCUT2D eigenvalue weighted by Gasteiger charge is 2.39. The quantitative estimate of drug-likeness (QED) is 0.750. The molecule has 1 aromatic rings. The molecule has 5 nitrogen and oxygen atoms in total. The molecular formula is C18H25F2NO4. The van der Waals surface area contributed by atoms with Gasteiger partial charge in [-0.1, -0.05) is 30.3 Å². The Morgan fingerprint density at radius 1 is 1.28 bits per heavy atom. The Kier molecular flexibility index (Phi) is 7.58. The molecule has 0 radical (unpaired) electrons. The first-order valence-corrected chi connectivity index (χ1v) is 8.52. The first kappa shape index (κ1) is 19.6. The van der Waals surface area contributed by atoms with E-state index in [1.165, 1.54) is 0 Å². The van der Waals surface area contributed by atoms with Crippen molar-refractivity contribution in [1.82, 2.24) is 5.32 Å². The van der Waals surface area contributed by atoms with Crippen LogP contribution < -0.4 is 5.32 Å². The largest absolute Gasteiger partial charge is 0.445 e. The highest BCUT2D eigenvalue weighted by Crippen LogP contribution is 2.37. The third-order valence-corrected chi connectivity index (χ3v) is 4.57. The molecule has 1 amide bonds. The molecule has 1 fully saturated rings. The van der Waals surface area contributed by atoms with Crippen LogP contribution in [0.3, 0.4) is 0 Å². The third kappa shape index (κ3) is 6.25. The fraction of sp³-hybridized carbons (Fsp3) is 0.611. The van der Waals surface area contributed by atoms with Crippen LogP contribution in [-0.4, -0.2) is 43.0 Å². The zero-order valence-corrected chi connectivity index (χ0v) is 14.1. The molecule has 0 atom stereocenters. The van der Waals surface area contributed by atoms with E-state index >= 15 is 0 Å². The van der Waals surface area contributed by atoms with Gasteiger partial charge in [0, 0.05) is 12.5 Å². The van der Waals surface area contributed by atoms with Gasteiger partial charge in [0.2, 0.25) is 6.43 Å². The summed E-state index contributed by atoms with van der Waals surface area (Å²) in [4.78, 5) is 11.9. The lowest BCUT2D eigenvalue weighted by atomic mass is 9.78. The van der Waals surface area contributed by atoms with Crippen LogP contribution in [0.15, 0.2) is 30.3 Å². The second-order valence-electron chi connectivity index (χ2n) is 6.34. The number of carbonyl (C=O) groups is 1. The summed E-state index contributed by atoms with van der Waals surface area (Å²) < 4.78 is 36.5. The zero-order chi connectivity index (χ0) is 18.1. The molecule has 140 valence electrons. The number of hydrogen-bond donors (Lipinski definition) is 2. The van der Waals surface area contributed by atoms with Crippen molar-refractivity contribution in [1.29, 1.82) is 0 Å². The smallest absolute Gasteiger partial charge is 0.407 e. The Morgan fingerprint density at radius 2 is 1.96 bits per heavy atom. The molecule has 2 N–H and O–H groups in total. The highest BCUT2D eigenvalue weighted by molar-refractivity contribution is 5.67. The summed E-state index contributed by atoms with van der Waals surface area (Å²) in [5, 5.41) is 11.6. The normalized spacial score (nSPS) is 23.4. The second kappa shape index (κ2) is 9.68. The van der Waals surface area contributed by atoms with Crippen LogP contribution in [0.4, 0.5) is 13.6 Å². The first-order chi connectivity index (χ1) is 12.0. The maximum absolute atomic E-state index is 12.8. The summed E-state index contributed by atoms with van der Waals surface area (Å²) >= 11 is 0. The molecule has 25 heavy (non-hydrogen) atoms. The lowest BCUT2D eigenvalue weighted by Gasteiger charge is -2.39. The van der Waals surface area contributed by atoms with Crippen molar-refractivity contribution < 1.29 is 28.2 Å². The van der Waals surface area contributed by atoms with E-state index in [1.807, 2.05) is 30.3 Å². The molecule has 0 heterocycles. The van der Waals surface area contributed by atoms with Gasteiger partial charge in [-0.3, -0.25) is 0 Å². The maximum Gasteiger partial charge on any atom is 0.407 e. The van der Waals surface area contributed by atoms with Gasteiger partial charge in [0.1, 0.15) is 6.61 Å². The third-order valence-electron chi connectivity index (χ3n) is 4.57. The Labute approximate surface area is 146 Å². The monoisotopic (exact) mass is 357 g/mol. The van der Waals surface area contributed by atoms with Crippen LogP contribution in [0.1, 0.15) is 31.2 Å². The van der Waals surface area contributed by atoms with Crippen molar-refractivity contribution in [3.8, 4) is 0 Å². The summed E-state index contributed by atoms with van der Waals surface area (Å²) in [5.41, 5.74) is 0.154. The van der Waals surface area contributed by atoms with E-state index < -0.39 is 24.0 Å². The predicted molar refractivity (Wildman–Crippen MR) is 88.4 cm³/mol. The summed E-state index contributed by atoms with van der Waals surface area (Å²) in [6.45, 7) is 0.291. The van der Waals surface area contributed by atoms with Crippen LogP contribution in [0.2, 0.25) is 0 Å². The van der Waals surface area contributed by atoms with Gasteiger partial charge in [-0.2, -0.15) is 0 Å². The molecule has 0 aromatic heterocycles. The average molecular weight is 357 g/mol. The number of halogens is 2. The van der Waals surface area contributed by atoms with Crippen molar-refractivity contribution in [2.24, 2.45) is 5.92 Å².